The maximum Gasteiger partial charge on any atom is 0.210 e. The Balaban J connectivity index is 2.59. The summed E-state index contributed by atoms with van der Waals surface area (Å²) < 4.78 is 22.7. The molecule has 2 nitrogen and oxygen atoms in total. The van der Waals surface area contributed by atoms with Crippen molar-refractivity contribution >= 4 is 0 Å². The van der Waals surface area contributed by atoms with Crippen LogP contribution in [0.25, 0.3) is 0 Å². The first-order chi connectivity index (χ1) is 4.79. The van der Waals surface area contributed by atoms with Crippen LogP contribution in [0.4, 0.5) is 8.96 Å². The van der Waals surface area contributed by atoms with Crippen molar-refractivity contribution < 1.29 is 13.8 Å². The van der Waals surface area contributed by atoms with Crippen molar-refractivity contribution in [2.24, 2.45) is 0 Å². The van der Waals surface area contributed by atoms with Crippen molar-refractivity contribution in [3.05, 3.63) is 30.3 Å². The van der Waals surface area contributed by atoms with E-state index >= 15 is 0 Å². The van der Waals surface area contributed by atoms with E-state index in [0.29, 0.717) is 0 Å². The number of halogens is 2. The zero-order valence-corrected chi connectivity index (χ0v) is 5.00. The first-order valence-electron chi connectivity index (χ1n) is 2.64. The van der Waals surface area contributed by atoms with Gasteiger partial charge in [0.2, 0.25) is 5.51 Å². The lowest BCUT2D eigenvalue weighted by atomic mass is 10.3. The average molecular weight is 145 g/mol. The van der Waals surface area contributed by atoms with Crippen LogP contribution in [0, 0.1) is 0 Å². The molecule has 1 aromatic rings. The van der Waals surface area contributed by atoms with Crippen LogP contribution in [-0.2, 0) is 0 Å². The molecule has 0 amide bonds. The van der Waals surface area contributed by atoms with Crippen LogP contribution in [0.1, 0.15) is 0 Å². The predicted molar refractivity (Wildman–Crippen MR) is 31.1 cm³/mol. The van der Waals surface area contributed by atoms with Gasteiger partial charge in [-0.05, 0) is 12.1 Å². The van der Waals surface area contributed by atoms with Gasteiger partial charge in [-0.2, -0.15) is 0 Å². The highest BCUT2D eigenvalue weighted by molar-refractivity contribution is 5.20. The van der Waals surface area contributed by atoms with Gasteiger partial charge in [0, 0.05) is 0 Å². The highest BCUT2D eigenvalue weighted by atomic mass is 19.4. The third kappa shape index (κ3) is 1.99. The van der Waals surface area contributed by atoms with Crippen molar-refractivity contribution in [2.45, 2.75) is 0 Å². The largest absolute Gasteiger partial charge is 0.350 e. The fraction of sp³-hybridized carbons (Fsp3) is 0. The van der Waals surface area contributed by atoms with E-state index in [1.807, 2.05) is 0 Å². The summed E-state index contributed by atoms with van der Waals surface area (Å²) >= 11 is 0. The standard InChI is InChI=1S/C6H5F2NO/c7-9(8)10-6-4-2-1-3-5-6/h1-5H. The average Bonchev–Trinajstić information content (AvgIpc) is 1.88. The SMILES string of the molecule is FN(F)Oc1ccccc1. The van der Waals surface area contributed by atoms with Crippen molar-refractivity contribution in [1.82, 2.24) is 5.51 Å². The summed E-state index contributed by atoms with van der Waals surface area (Å²) in [7, 11) is 0. The monoisotopic (exact) mass is 145 g/mol. The fourth-order valence-corrected chi connectivity index (χ4v) is 0.561. The molecular weight excluding hydrogens is 140 g/mol. The predicted octanol–water partition coefficient (Wildman–Crippen LogP) is 2.05. The summed E-state index contributed by atoms with van der Waals surface area (Å²) in [5.74, 6) is 0.118. The van der Waals surface area contributed by atoms with Crippen LogP contribution < -0.4 is 4.84 Å². The number of nitrogens with zero attached hydrogens (tertiary/aromatic N) is 1. The quantitative estimate of drug-likeness (QED) is 0.466. The first kappa shape index (κ1) is 6.95. The molecule has 0 fully saturated rings. The Kier molecular flexibility index (Phi) is 2.17. The molecule has 0 heterocycles. The lowest BCUT2D eigenvalue weighted by molar-refractivity contribution is -0.337. The molecule has 0 aliphatic carbocycles. The summed E-state index contributed by atoms with van der Waals surface area (Å²) in [5.41, 5.74) is -1.34. The zero-order valence-electron chi connectivity index (χ0n) is 5.00. The molecule has 0 unspecified atom stereocenters. The fourth-order valence-electron chi connectivity index (χ4n) is 0.561. The van der Waals surface area contributed by atoms with Gasteiger partial charge in [0.15, 0.2) is 5.75 Å². The van der Waals surface area contributed by atoms with Crippen LogP contribution in [0.5, 0.6) is 5.75 Å². The number of para-hydroxylation sites is 1. The Labute approximate surface area is 56.5 Å². The van der Waals surface area contributed by atoms with E-state index in [9.17, 15) is 8.96 Å². The van der Waals surface area contributed by atoms with E-state index in [4.69, 9.17) is 0 Å². The van der Waals surface area contributed by atoms with E-state index in [2.05, 4.69) is 4.84 Å². The maximum atomic E-state index is 11.3. The van der Waals surface area contributed by atoms with Gasteiger partial charge in [0.1, 0.15) is 0 Å². The lowest BCUT2D eigenvalue weighted by Crippen LogP contribution is -2.05. The van der Waals surface area contributed by atoms with Gasteiger partial charge in [0.05, 0.1) is 0 Å². The zero-order chi connectivity index (χ0) is 7.40. The first-order valence-corrected chi connectivity index (χ1v) is 2.64. The van der Waals surface area contributed by atoms with Crippen molar-refractivity contribution in [3.8, 4) is 5.75 Å². The second kappa shape index (κ2) is 3.12. The van der Waals surface area contributed by atoms with Gasteiger partial charge >= 0.3 is 0 Å². The molecule has 0 aliphatic heterocycles. The van der Waals surface area contributed by atoms with Gasteiger partial charge in [-0.3, -0.25) is 0 Å². The Hall–Kier alpha value is -1.16. The highest BCUT2D eigenvalue weighted by Gasteiger charge is 1.98. The second-order valence-electron chi connectivity index (χ2n) is 1.61. The maximum absolute atomic E-state index is 11.3. The molecule has 0 atom stereocenters. The van der Waals surface area contributed by atoms with Crippen molar-refractivity contribution in [2.75, 3.05) is 0 Å². The third-order valence-corrected chi connectivity index (χ3v) is 0.918. The molecule has 0 bridgehead atoms. The molecule has 10 heavy (non-hydrogen) atoms. The number of hydrogen-bond acceptors (Lipinski definition) is 2. The van der Waals surface area contributed by atoms with E-state index in [1.165, 1.54) is 12.1 Å². The summed E-state index contributed by atoms with van der Waals surface area (Å²) in [6.07, 6.45) is 0. The second-order valence-corrected chi connectivity index (χ2v) is 1.61. The van der Waals surface area contributed by atoms with E-state index in [1.54, 1.807) is 18.2 Å². The van der Waals surface area contributed by atoms with Crippen LogP contribution in [0.15, 0.2) is 30.3 Å². The van der Waals surface area contributed by atoms with Crippen LogP contribution in [0.3, 0.4) is 0 Å². The number of benzene rings is 1. The molecule has 0 aromatic heterocycles. The Morgan fingerprint density at radius 2 is 1.70 bits per heavy atom. The number of hydrogen-bond donors (Lipinski definition) is 0. The minimum absolute atomic E-state index is 0.118. The molecule has 1 aromatic carbocycles. The van der Waals surface area contributed by atoms with Gasteiger partial charge < -0.3 is 4.84 Å². The van der Waals surface area contributed by atoms with E-state index < -0.39 is 5.51 Å². The third-order valence-electron chi connectivity index (χ3n) is 0.918. The van der Waals surface area contributed by atoms with Gasteiger partial charge in [-0.25, -0.2) is 0 Å². The summed E-state index contributed by atoms with van der Waals surface area (Å²) in [5, 5.41) is 0. The normalized spacial score (nSPS) is 9.90. The smallest absolute Gasteiger partial charge is 0.210 e. The minimum Gasteiger partial charge on any atom is -0.350 e. The summed E-state index contributed by atoms with van der Waals surface area (Å²) in [4.78, 5) is 3.91. The molecule has 1 rings (SSSR count). The van der Waals surface area contributed by atoms with Gasteiger partial charge in [-0.1, -0.05) is 27.2 Å². The molecule has 0 spiro atoms. The molecule has 0 aliphatic rings. The lowest BCUT2D eigenvalue weighted by Gasteiger charge is -2.00. The van der Waals surface area contributed by atoms with Crippen LogP contribution in [0.2, 0.25) is 0 Å². The van der Waals surface area contributed by atoms with Gasteiger partial charge in [0.25, 0.3) is 0 Å². The molecule has 0 radical (unpaired) electrons. The number of rotatable bonds is 2. The Bertz CT molecular complexity index is 190. The molecule has 0 N–H and O–H groups in total. The minimum atomic E-state index is -1.34. The Morgan fingerprint density at radius 3 is 2.20 bits per heavy atom. The van der Waals surface area contributed by atoms with Crippen LogP contribution >= 0.6 is 0 Å². The Morgan fingerprint density at radius 1 is 1.10 bits per heavy atom. The van der Waals surface area contributed by atoms with Gasteiger partial charge in [-0.15, -0.1) is 0 Å². The molecule has 54 valence electrons. The van der Waals surface area contributed by atoms with Crippen molar-refractivity contribution in [3.63, 3.8) is 0 Å². The molecule has 0 saturated heterocycles. The summed E-state index contributed by atoms with van der Waals surface area (Å²) in [6, 6.07) is 7.81. The molecule has 0 saturated carbocycles. The summed E-state index contributed by atoms with van der Waals surface area (Å²) in [6.45, 7) is 0. The van der Waals surface area contributed by atoms with Crippen molar-refractivity contribution in [1.29, 1.82) is 0 Å². The molecular formula is C6H5F2NO. The van der Waals surface area contributed by atoms with E-state index in [-0.39, 0.29) is 5.75 Å². The molecule has 4 heteroatoms. The highest BCUT2D eigenvalue weighted by Crippen LogP contribution is 2.10. The van der Waals surface area contributed by atoms with Crippen LogP contribution in [-0.4, -0.2) is 5.51 Å². The van der Waals surface area contributed by atoms with E-state index in [0.717, 1.165) is 0 Å². The topological polar surface area (TPSA) is 12.5 Å².